The van der Waals surface area contributed by atoms with Crippen LogP contribution in [-0.4, -0.2) is 23.5 Å². The molecule has 3 N–H and O–H groups in total. The van der Waals surface area contributed by atoms with Gasteiger partial charge in [-0.15, -0.1) is 24.8 Å². The first-order valence-corrected chi connectivity index (χ1v) is 9.81. The first-order chi connectivity index (χ1) is 13.2. The maximum atomic E-state index is 12.7. The minimum Gasteiger partial charge on any atom is -0.487 e. The molecule has 0 radical (unpaired) electrons. The van der Waals surface area contributed by atoms with Gasteiger partial charge in [-0.1, -0.05) is 31.4 Å². The molecule has 1 saturated carbocycles. The molecule has 1 heterocycles. The normalized spacial score (nSPS) is 14.8. The van der Waals surface area contributed by atoms with Crippen molar-refractivity contribution in [3.63, 3.8) is 0 Å². The zero-order valence-corrected chi connectivity index (χ0v) is 18.4. The molecule has 1 amide bonds. The molecule has 1 atom stereocenters. The third-order valence-corrected chi connectivity index (χ3v) is 5.27. The molecule has 0 saturated heterocycles. The van der Waals surface area contributed by atoms with Gasteiger partial charge in [0.05, 0.1) is 6.20 Å². The van der Waals surface area contributed by atoms with Crippen LogP contribution in [0.2, 0.25) is 0 Å². The van der Waals surface area contributed by atoms with Crippen LogP contribution in [0.4, 0.5) is 0 Å². The number of amides is 1. The van der Waals surface area contributed by atoms with E-state index in [-0.39, 0.29) is 36.8 Å². The SMILES string of the molecule is Cc1ccc(OCc2cccc(C(=O)NC(CN)C3CCCCC3)c2)cn1.Cl.Cl. The van der Waals surface area contributed by atoms with Crippen molar-refractivity contribution in [3.8, 4) is 5.75 Å². The summed E-state index contributed by atoms with van der Waals surface area (Å²) in [5, 5.41) is 3.15. The summed E-state index contributed by atoms with van der Waals surface area (Å²) in [7, 11) is 0. The van der Waals surface area contributed by atoms with Gasteiger partial charge in [0.2, 0.25) is 0 Å². The number of ether oxygens (including phenoxy) is 1. The highest BCUT2D eigenvalue weighted by atomic mass is 35.5. The number of hydrogen-bond donors (Lipinski definition) is 2. The summed E-state index contributed by atoms with van der Waals surface area (Å²) in [6.07, 6.45) is 7.78. The molecule has 2 aromatic rings. The third kappa shape index (κ3) is 7.50. The van der Waals surface area contributed by atoms with Crippen LogP contribution in [0, 0.1) is 12.8 Å². The summed E-state index contributed by atoms with van der Waals surface area (Å²) in [4.78, 5) is 16.9. The summed E-state index contributed by atoms with van der Waals surface area (Å²) >= 11 is 0. The maximum Gasteiger partial charge on any atom is 0.251 e. The van der Waals surface area contributed by atoms with Gasteiger partial charge in [-0.25, -0.2) is 0 Å². The molecule has 29 heavy (non-hydrogen) atoms. The average molecular weight is 440 g/mol. The van der Waals surface area contributed by atoms with Crippen molar-refractivity contribution < 1.29 is 9.53 Å². The highest BCUT2D eigenvalue weighted by Crippen LogP contribution is 2.26. The Balaban J connectivity index is 0.00000210. The second-order valence-electron chi connectivity index (χ2n) is 7.34. The van der Waals surface area contributed by atoms with E-state index in [1.165, 1.54) is 19.3 Å². The molecule has 1 aromatic heterocycles. The smallest absolute Gasteiger partial charge is 0.251 e. The average Bonchev–Trinajstić information content (AvgIpc) is 2.72. The minimum absolute atomic E-state index is 0. The number of aryl methyl sites for hydroxylation is 1. The van der Waals surface area contributed by atoms with Crippen LogP contribution >= 0.6 is 24.8 Å². The number of nitrogens with zero attached hydrogens (tertiary/aromatic N) is 1. The monoisotopic (exact) mass is 439 g/mol. The highest BCUT2D eigenvalue weighted by Gasteiger charge is 2.24. The molecule has 7 heteroatoms. The Morgan fingerprint density at radius 1 is 1.21 bits per heavy atom. The largest absolute Gasteiger partial charge is 0.487 e. The molecule has 5 nitrogen and oxygen atoms in total. The minimum atomic E-state index is -0.0603. The van der Waals surface area contributed by atoms with Crippen LogP contribution in [0.3, 0.4) is 0 Å². The van der Waals surface area contributed by atoms with Crippen LogP contribution < -0.4 is 15.8 Å². The van der Waals surface area contributed by atoms with Gasteiger partial charge in [0.15, 0.2) is 0 Å². The lowest BCUT2D eigenvalue weighted by Crippen LogP contribution is -2.45. The van der Waals surface area contributed by atoms with Gasteiger partial charge in [0, 0.05) is 23.8 Å². The molecule has 0 aliphatic heterocycles. The second kappa shape index (κ2) is 12.7. The van der Waals surface area contributed by atoms with Gasteiger partial charge < -0.3 is 15.8 Å². The van der Waals surface area contributed by atoms with Crippen LogP contribution in [0.15, 0.2) is 42.6 Å². The van der Waals surface area contributed by atoms with Crippen molar-refractivity contribution in [1.29, 1.82) is 0 Å². The van der Waals surface area contributed by atoms with E-state index in [4.69, 9.17) is 10.5 Å². The number of carbonyl (C=O) groups is 1. The van der Waals surface area contributed by atoms with Crippen molar-refractivity contribution in [2.75, 3.05) is 6.54 Å². The standard InChI is InChI=1S/C22H29N3O2.2ClH/c1-16-10-11-20(14-24-16)27-15-17-6-5-9-19(12-17)22(26)25-21(13-23)18-7-3-2-4-8-18;;/h5-6,9-12,14,18,21H,2-4,7-8,13,15,23H2,1H3,(H,25,26);2*1H. The molecular weight excluding hydrogens is 409 g/mol. The molecule has 0 bridgehead atoms. The van der Waals surface area contributed by atoms with E-state index in [0.29, 0.717) is 24.6 Å². The first-order valence-electron chi connectivity index (χ1n) is 9.81. The Labute approximate surface area is 185 Å². The molecule has 1 aromatic carbocycles. The second-order valence-corrected chi connectivity index (χ2v) is 7.34. The maximum absolute atomic E-state index is 12.7. The molecule has 1 aliphatic rings. The lowest BCUT2D eigenvalue weighted by Gasteiger charge is -2.30. The zero-order valence-electron chi connectivity index (χ0n) is 16.8. The predicted molar refractivity (Wildman–Crippen MR) is 121 cm³/mol. The fourth-order valence-corrected chi connectivity index (χ4v) is 3.67. The molecule has 0 spiro atoms. The molecule has 160 valence electrons. The van der Waals surface area contributed by atoms with E-state index in [1.807, 2.05) is 43.3 Å². The Hall–Kier alpha value is -1.82. The van der Waals surface area contributed by atoms with Crippen molar-refractivity contribution in [2.45, 2.75) is 51.7 Å². The van der Waals surface area contributed by atoms with Gasteiger partial charge in [0.25, 0.3) is 5.91 Å². The van der Waals surface area contributed by atoms with E-state index in [9.17, 15) is 4.79 Å². The van der Waals surface area contributed by atoms with Crippen molar-refractivity contribution in [1.82, 2.24) is 10.3 Å². The fourth-order valence-electron chi connectivity index (χ4n) is 3.67. The van der Waals surface area contributed by atoms with E-state index < -0.39 is 0 Å². The Bertz CT molecular complexity index is 750. The summed E-state index contributed by atoms with van der Waals surface area (Å²) in [6.45, 7) is 2.82. The fraction of sp³-hybridized carbons (Fsp3) is 0.455. The number of nitrogens with one attached hydrogen (secondary N) is 1. The summed E-state index contributed by atoms with van der Waals surface area (Å²) < 4.78 is 5.77. The number of pyridine rings is 1. The van der Waals surface area contributed by atoms with Crippen molar-refractivity contribution in [2.24, 2.45) is 11.7 Å². The lowest BCUT2D eigenvalue weighted by molar-refractivity contribution is 0.0915. The molecule has 1 fully saturated rings. The van der Waals surface area contributed by atoms with Crippen LogP contribution in [0.5, 0.6) is 5.75 Å². The summed E-state index contributed by atoms with van der Waals surface area (Å²) in [5.74, 6) is 1.15. The van der Waals surface area contributed by atoms with E-state index in [0.717, 1.165) is 29.8 Å². The Kier molecular flexibility index (Phi) is 11.0. The van der Waals surface area contributed by atoms with Gasteiger partial charge in [-0.2, -0.15) is 0 Å². The highest BCUT2D eigenvalue weighted by molar-refractivity contribution is 5.94. The topological polar surface area (TPSA) is 77.2 Å². The van der Waals surface area contributed by atoms with Crippen LogP contribution in [-0.2, 0) is 6.61 Å². The van der Waals surface area contributed by atoms with E-state index in [1.54, 1.807) is 6.20 Å². The molecule has 1 unspecified atom stereocenters. The number of hydrogen-bond acceptors (Lipinski definition) is 4. The van der Waals surface area contributed by atoms with Gasteiger partial charge in [-0.05, 0) is 55.5 Å². The third-order valence-electron chi connectivity index (χ3n) is 5.27. The zero-order chi connectivity index (χ0) is 19.1. The Morgan fingerprint density at radius 3 is 2.62 bits per heavy atom. The van der Waals surface area contributed by atoms with Crippen molar-refractivity contribution >= 4 is 30.7 Å². The molecule has 1 aliphatic carbocycles. The Morgan fingerprint density at radius 2 is 1.97 bits per heavy atom. The number of aromatic nitrogens is 1. The molecule has 3 rings (SSSR count). The van der Waals surface area contributed by atoms with E-state index in [2.05, 4.69) is 10.3 Å². The van der Waals surface area contributed by atoms with Gasteiger partial charge in [-0.3, -0.25) is 9.78 Å². The van der Waals surface area contributed by atoms with Crippen LogP contribution in [0.1, 0.15) is 53.7 Å². The quantitative estimate of drug-likeness (QED) is 0.667. The number of rotatable bonds is 7. The number of nitrogens with two attached hydrogens (primary N) is 1. The summed E-state index contributed by atoms with van der Waals surface area (Å²) in [5.41, 5.74) is 8.49. The van der Waals surface area contributed by atoms with Gasteiger partial charge >= 0.3 is 0 Å². The number of carbonyl (C=O) groups excluding carboxylic acids is 1. The predicted octanol–water partition coefficient (Wildman–Crippen LogP) is 4.45. The van der Waals surface area contributed by atoms with Crippen LogP contribution in [0.25, 0.3) is 0 Å². The summed E-state index contributed by atoms with van der Waals surface area (Å²) in [6, 6.07) is 11.4. The number of benzene rings is 1. The number of halogens is 2. The van der Waals surface area contributed by atoms with E-state index >= 15 is 0 Å². The van der Waals surface area contributed by atoms with Crippen molar-refractivity contribution in [3.05, 3.63) is 59.4 Å². The lowest BCUT2D eigenvalue weighted by atomic mass is 9.84. The van der Waals surface area contributed by atoms with Gasteiger partial charge in [0.1, 0.15) is 12.4 Å². The molecular formula is C22H31Cl2N3O2. The first kappa shape index (κ1) is 25.2.